The first-order valence-corrected chi connectivity index (χ1v) is 8.00. The number of aryl methyl sites for hydroxylation is 1. The predicted molar refractivity (Wildman–Crippen MR) is 83.4 cm³/mol. The standard InChI is InChI=1S/C15H16FNS2/c1-11-6-7-12(17)10-15(11)19-9-8-18-14-5-3-2-4-13(14)16/h2-7,10H,8-9,17H2,1H3. The van der Waals surface area contributed by atoms with E-state index in [2.05, 4.69) is 6.92 Å². The summed E-state index contributed by atoms with van der Waals surface area (Å²) in [5.41, 5.74) is 7.79. The fourth-order valence-electron chi connectivity index (χ4n) is 1.64. The highest BCUT2D eigenvalue weighted by molar-refractivity contribution is 8.03. The second-order valence-corrected chi connectivity index (χ2v) is 6.43. The summed E-state index contributed by atoms with van der Waals surface area (Å²) in [5, 5.41) is 0. The third-order valence-corrected chi connectivity index (χ3v) is 5.12. The van der Waals surface area contributed by atoms with Crippen molar-refractivity contribution in [2.75, 3.05) is 17.2 Å². The molecular formula is C15H16FNS2. The van der Waals surface area contributed by atoms with Crippen LogP contribution < -0.4 is 5.73 Å². The molecule has 1 nitrogen and oxygen atoms in total. The molecule has 2 N–H and O–H groups in total. The van der Waals surface area contributed by atoms with Gasteiger partial charge in [-0.05, 0) is 36.8 Å². The fraction of sp³-hybridized carbons (Fsp3) is 0.200. The van der Waals surface area contributed by atoms with Gasteiger partial charge in [-0.2, -0.15) is 0 Å². The van der Waals surface area contributed by atoms with Gasteiger partial charge in [0.25, 0.3) is 0 Å². The van der Waals surface area contributed by atoms with Crippen LogP contribution in [-0.2, 0) is 0 Å². The summed E-state index contributed by atoms with van der Waals surface area (Å²) in [6.45, 7) is 2.08. The Morgan fingerprint density at radius 3 is 2.42 bits per heavy atom. The zero-order chi connectivity index (χ0) is 13.7. The number of rotatable bonds is 5. The van der Waals surface area contributed by atoms with Crippen LogP contribution in [0.25, 0.3) is 0 Å². The highest BCUT2D eigenvalue weighted by Crippen LogP contribution is 2.27. The lowest BCUT2D eigenvalue weighted by Gasteiger charge is -2.07. The van der Waals surface area contributed by atoms with E-state index in [4.69, 9.17) is 5.73 Å². The van der Waals surface area contributed by atoms with Gasteiger partial charge >= 0.3 is 0 Å². The Morgan fingerprint density at radius 2 is 1.68 bits per heavy atom. The summed E-state index contributed by atoms with van der Waals surface area (Å²) >= 11 is 3.31. The third kappa shape index (κ3) is 4.18. The summed E-state index contributed by atoms with van der Waals surface area (Å²) in [4.78, 5) is 1.92. The second-order valence-electron chi connectivity index (χ2n) is 4.15. The average molecular weight is 293 g/mol. The fourth-order valence-corrected chi connectivity index (χ4v) is 3.64. The van der Waals surface area contributed by atoms with Crippen LogP contribution in [0.4, 0.5) is 10.1 Å². The zero-order valence-electron chi connectivity index (χ0n) is 10.7. The topological polar surface area (TPSA) is 26.0 Å². The van der Waals surface area contributed by atoms with Gasteiger partial charge in [0.15, 0.2) is 0 Å². The lowest BCUT2D eigenvalue weighted by atomic mass is 10.2. The summed E-state index contributed by atoms with van der Waals surface area (Å²) in [5.74, 6) is 1.67. The van der Waals surface area contributed by atoms with Gasteiger partial charge in [-0.3, -0.25) is 0 Å². The molecule has 0 unspecified atom stereocenters. The van der Waals surface area contributed by atoms with Crippen molar-refractivity contribution in [3.63, 3.8) is 0 Å². The molecule has 19 heavy (non-hydrogen) atoms. The number of halogens is 1. The van der Waals surface area contributed by atoms with Gasteiger partial charge < -0.3 is 5.73 Å². The van der Waals surface area contributed by atoms with E-state index < -0.39 is 0 Å². The number of hydrogen-bond donors (Lipinski definition) is 1. The molecule has 0 aliphatic carbocycles. The highest BCUT2D eigenvalue weighted by Gasteiger charge is 2.03. The Morgan fingerprint density at radius 1 is 1.00 bits per heavy atom. The van der Waals surface area contributed by atoms with Crippen LogP contribution in [-0.4, -0.2) is 11.5 Å². The second kappa shape index (κ2) is 6.87. The van der Waals surface area contributed by atoms with Crippen LogP contribution in [0.1, 0.15) is 5.56 Å². The highest BCUT2D eigenvalue weighted by atomic mass is 32.2. The van der Waals surface area contributed by atoms with Crippen LogP contribution in [0, 0.1) is 12.7 Å². The van der Waals surface area contributed by atoms with Crippen molar-refractivity contribution in [2.24, 2.45) is 0 Å². The number of anilines is 1. The van der Waals surface area contributed by atoms with Crippen LogP contribution in [0.5, 0.6) is 0 Å². The SMILES string of the molecule is Cc1ccc(N)cc1SCCSc1ccccc1F. The van der Waals surface area contributed by atoms with Crippen molar-refractivity contribution in [3.8, 4) is 0 Å². The van der Waals surface area contributed by atoms with Crippen molar-refractivity contribution in [3.05, 3.63) is 53.8 Å². The Labute approximate surface area is 121 Å². The zero-order valence-corrected chi connectivity index (χ0v) is 12.4. The van der Waals surface area contributed by atoms with Gasteiger partial charge in [0.1, 0.15) is 5.82 Å². The summed E-state index contributed by atoms with van der Waals surface area (Å²) in [6, 6.07) is 12.8. The lowest BCUT2D eigenvalue weighted by Crippen LogP contribution is -1.90. The van der Waals surface area contributed by atoms with E-state index in [9.17, 15) is 4.39 Å². The van der Waals surface area contributed by atoms with E-state index >= 15 is 0 Å². The molecule has 0 aromatic heterocycles. The van der Waals surface area contributed by atoms with E-state index in [-0.39, 0.29) is 5.82 Å². The Bertz CT molecular complexity index is 558. The Hall–Kier alpha value is -1.13. The molecule has 0 spiro atoms. The van der Waals surface area contributed by atoms with Crippen LogP contribution >= 0.6 is 23.5 Å². The molecule has 2 aromatic rings. The molecule has 0 radical (unpaired) electrons. The Kier molecular flexibility index (Phi) is 5.16. The van der Waals surface area contributed by atoms with Crippen LogP contribution in [0.15, 0.2) is 52.3 Å². The minimum absolute atomic E-state index is 0.141. The quantitative estimate of drug-likeness (QED) is 0.495. The van der Waals surface area contributed by atoms with Gasteiger partial charge in [-0.1, -0.05) is 18.2 Å². The van der Waals surface area contributed by atoms with E-state index in [0.717, 1.165) is 17.2 Å². The van der Waals surface area contributed by atoms with E-state index in [0.29, 0.717) is 4.90 Å². The predicted octanol–water partition coefficient (Wildman–Crippen LogP) is 4.60. The molecular weight excluding hydrogens is 277 g/mol. The number of benzene rings is 2. The van der Waals surface area contributed by atoms with E-state index in [1.807, 2.05) is 30.3 Å². The van der Waals surface area contributed by atoms with Crippen molar-refractivity contribution in [1.82, 2.24) is 0 Å². The largest absolute Gasteiger partial charge is 0.399 e. The molecule has 0 fully saturated rings. The maximum atomic E-state index is 13.4. The Balaban J connectivity index is 1.84. The summed E-state index contributed by atoms with van der Waals surface area (Å²) < 4.78 is 13.4. The van der Waals surface area contributed by atoms with Gasteiger partial charge in [0.2, 0.25) is 0 Å². The molecule has 0 saturated carbocycles. The number of nitrogen functional groups attached to an aromatic ring is 1. The third-order valence-electron chi connectivity index (χ3n) is 2.65. The van der Waals surface area contributed by atoms with Gasteiger partial charge in [-0.15, -0.1) is 23.5 Å². The van der Waals surface area contributed by atoms with Gasteiger partial charge in [-0.25, -0.2) is 4.39 Å². The van der Waals surface area contributed by atoms with Gasteiger partial charge in [0.05, 0.1) is 0 Å². The van der Waals surface area contributed by atoms with Crippen molar-refractivity contribution in [1.29, 1.82) is 0 Å². The van der Waals surface area contributed by atoms with Crippen LogP contribution in [0.3, 0.4) is 0 Å². The molecule has 0 aliphatic rings. The molecule has 0 bridgehead atoms. The molecule has 0 atom stereocenters. The first kappa shape index (κ1) is 14.3. The average Bonchev–Trinajstić information content (AvgIpc) is 2.40. The van der Waals surface area contributed by atoms with Crippen molar-refractivity contribution in [2.45, 2.75) is 16.7 Å². The smallest absolute Gasteiger partial charge is 0.136 e. The first-order valence-electron chi connectivity index (χ1n) is 6.03. The van der Waals surface area contributed by atoms with Crippen molar-refractivity contribution >= 4 is 29.2 Å². The monoisotopic (exact) mass is 293 g/mol. The normalized spacial score (nSPS) is 10.6. The molecule has 4 heteroatoms. The minimum atomic E-state index is -0.141. The van der Waals surface area contributed by atoms with Crippen molar-refractivity contribution < 1.29 is 4.39 Å². The maximum Gasteiger partial charge on any atom is 0.136 e. The molecule has 0 heterocycles. The van der Waals surface area contributed by atoms with Crippen LogP contribution in [0.2, 0.25) is 0 Å². The molecule has 2 aromatic carbocycles. The lowest BCUT2D eigenvalue weighted by molar-refractivity contribution is 0.602. The first-order chi connectivity index (χ1) is 9.16. The maximum absolute atomic E-state index is 13.4. The summed E-state index contributed by atoms with van der Waals surface area (Å²) in [6.07, 6.45) is 0. The number of hydrogen-bond acceptors (Lipinski definition) is 3. The number of nitrogens with two attached hydrogens (primary N) is 1. The molecule has 2 rings (SSSR count). The summed E-state index contributed by atoms with van der Waals surface area (Å²) in [7, 11) is 0. The van der Waals surface area contributed by atoms with Gasteiger partial charge in [0, 0.05) is 27.0 Å². The van der Waals surface area contributed by atoms with E-state index in [1.165, 1.54) is 16.5 Å². The molecule has 0 amide bonds. The van der Waals surface area contributed by atoms with E-state index in [1.54, 1.807) is 29.6 Å². The molecule has 100 valence electrons. The molecule has 0 aliphatic heterocycles. The minimum Gasteiger partial charge on any atom is -0.399 e. The number of thioether (sulfide) groups is 2. The molecule has 0 saturated heterocycles.